The van der Waals surface area contributed by atoms with Gasteiger partial charge in [-0.1, -0.05) is 30.3 Å². The van der Waals surface area contributed by atoms with Crippen molar-refractivity contribution < 1.29 is 19.1 Å². The van der Waals surface area contributed by atoms with Crippen molar-refractivity contribution >= 4 is 29.2 Å². The van der Waals surface area contributed by atoms with Crippen molar-refractivity contribution in [3.05, 3.63) is 58.7 Å². The highest BCUT2D eigenvalue weighted by Crippen LogP contribution is 2.29. The molecular weight excluding hydrogens is 368 g/mol. The van der Waals surface area contributed by atoms with Gasteiger partial charge < -0.3 is 15.0 Å². The Balaban J connectivity index is 1.58. The summed E-state index contributed by atoms with van der Waals surface area (Å²) in [6.07, 6.45) is 0.0880. The Hall–Kier alpha value is -3.15. The predicted octanol–water partition coefficient (Wildman–Crippen LogP) is 3.46. The Morgan fingerprint density at radius 2 is 1.76 bits per heavy atom. The van der Waals surface area contributed by atoms with Gasteiger partial charge in [0, 0.05) is 24.3 Å². The van der Waals surface area contributed by atoms with E-state index in [2.05, 4.69) is 5.32 Å². The van der Waals surface area contributed by atoms with Crippen molar-refractivity contribution in [1.82, 2.24) is 0 Å². The van der Waals surface area contributed by atoms with E-state index in [1.54, 1.807) is 4.90 Å². The summed E-state index contributed by atoms with van der Waals surface area (Å²) in [6.45, 7) is 7.60. The van der Waals surface area contributed by atoms with Crippen LogP contribution in [0.1, 0.15) is 28.7 Å². The maximum atomic E-state index is 12.4. The van der Waals surface area contributed by atoms with Crippen LogP contribution in [0.3, 0.4) is 0 Å². The largest absolute Gasteiger partial charge is 0.455 e. The molecule has 6 heteroatoms. The minimum atomic E-state index is -0.574. The summed E-state index contributed by atoms with van der Waals surface area (Å²) in [4.78, 5) is 38.7. The van der Waals surface area contributed by atoms with E-state index in [0.717, 1.165) is 33.6 Å². The van der Waals surface area contributed by atoms with Crippen LogP contribution in [0.4, 0.5) is 11.4 Å². The Kier molecular flexibility index (Phi) is 6.01. The van der Waals surface area contributed by atoms with E-state index in [1.165, 1.54) is 0 Å². The first-order valence-corrected chi connectivity index (χ1v) is 9.66. The molecule has 1 fully saturated rings. The highest BCUT2D eigenvalue weighted by Gasteiger charge is 2.36. The molecule has 2 aromatic rings. The maximum Gasteiger partial charge on any atom is 0.311 e. The zero-order valence-corrected chi connectivity index (χ0v) is 17.2. The number of anilines is 2. The molecule has 0 spiro atoms. The van der Waals surface area contributed by atoms with E-state index < -0.39 is 17.8 Å². The fraction of sp³-hybridized carbons (Fsp3) is 0.348. The molecule has 29 heavy (non-hydrogen) atoms. The summed E-state index contributed by atoms with van der Waals surface area (Å²) in [5.41, 5.74) is 5.45. The first kappa shape index (κ1) is 20.6. The Morgan fingerprint density at radius 3 is 2.45 bits per heavy atom. The van der Waals surface area contributed by atoms with Crippen LogP contribution >= 0.6 is 0 Å². The van der Waals surface area contributed by atoms with Gasteiger partial charge in [0.25, 0.3) is 5.91 Å². The first-order valence-electron chi connectivity index (χ1n) is 9.66. The fourth-order valence-corrected chi connectivity index (χ4v) is 3.55. The summed E-state index contributed by atoms with van der Waals surface area (Å²) in [5.74, 6) is -1.61. The molecule has 0 bridgehead atoms. The Bertz CT molecular complexity index is 947. The molecule has 1 N–H and O–H groups in total. The lowest BCUT2D eigenvalue weighted by atomic mass is 10.1. The number of hydrogen-bond donors (Lipinski definition) is 1. The van der Waals surface area contributed by atoms with Crippen LogP contribution in [-0.4, -0.2) is 30.9 Å². The second-order valence-electron chi connectivity index (χ2n) is 7.62. The summed E-state index contributed by atoms with van der Waals surface area (Å²) in [7, 11) is 0. The quantitative estimate of drug-likeness (QED) is 0.788. The molecular formula is C23H26N2O4. The van der Waals surface area contributed by atoms with Gasteiger partial charge in [-0.15, -0.1) is 0 Å². The van der Waals surface area contributed by atoms with E-state index >= 15 is 0 Å². The van der Waals surface area contributed by atoms with Gasteiger partial charge in [0.05, 0.1) is 5.92 Å². The molecule has 0 saturated carbocycles. The zero-order chi connectivity index (χ0) is 21.1. The van der Waals surface area contributed by atoms with Gasteiger partial charge >= 0.3 is 5.97 Å². The number of esters is 1. The van der Waals surface area contributed by atoms with Crippen molar-refractivity contribution in [3.63, 3.8) is 0 Å². The highest BCUT2D eigenvalue weighted by atomic mass is 16.5. The molecule has 3 rings (SSSR count). The molecule has 0 aliphatic carbocycles. The molecule has 2 amide bonds. The van der Waals surface area contributed by atoms with Gasteiger partial charge in [0.2, 0.25) is 5.91 Å². The average Bonchev–Trinajstić information content (AvgIpc) is 3.06. The third-order valence-corrected chi connectivity index (χ3v) is 5.20. The lowest BCUT2D eigenvalue weighted by molar-refractivity contribution is -0.151. The first-order chi connectivity index (χ1) is 13.8. The van der Waals surface area contributed by atoms with E-state index in [-0.39, 0.29) is 25.5 Å². The SMILES string of the molecule is Cc1ccc(C)c(N2C[C@@H](C(=O)OCC(=O)Nc3c(C)cccc3C)CC2=O)c1. The molecule has 0 radical (unpaired) electrons. The molecule has 1 aliphatic rings. The molecule has 1 aliphatic heterocycles. The summed E-state index contributed by atoms with van der Waals surface area (Å²) in [6, 6.07) is 11.6. The number of hydrogen-bond acceptors (Lipinski definition) is 4. The highest BCUT2D eigenvalue weighted by molar-refractivity contribution is 6.00. The van der Waals surface area contributed by atoms with Gasteiger partial charge in [-0.2, -0.15) is 0 Å². The number of para-hydroxylation sites is 1. The second kappa shape index (κ2) is 8.47. The van der Waals surface area contributed by atoms with Crippen molar-refractivity contribution in [2.24, 2.45) is 5.92 Å². The third-order valence-electron chi connectivity index (χ3n) is 5.20. The fourth-order valence-electron chi connectivity index (χ4n) is 3.55. The maximum absolute atomic E-state index is 12.4. The van der Waals surface area contributed by atoms with Crippen LogP contribution in [0.15, 0.2) is 36.4 Å². The van der Waals surface area contributed by atoms with Crippen molar-refractivity contribution in [2.45, 2.75) is 34.1 Å². The molecule has 1 atom stereocenters. The normalized spacial score (nSPS) is 16.1. The summed E-state index contributed by atoms with van der Waals surface area (Å²) < 4.78 is 5.20. The van der Waals surface area contributed by atoms with Crippen molar-refractivity contribution in [2.75, 3.05) is 23.4 Å². The number of nitrogens with one attached hydrogen (secondary N) is 1. The van der Waals surface area contributed by atoms with Gasteiger partial charge in [-0.25, -0.2) is 0 Å². The molecule has 1 saturated heterocycles. The van der Waals surface area contributed by atoms with Crippen molar-refractivity contribution in [3.8, 4) is 0 Å². The molecule has 152 valence electrons. The second-order valence-corrected chi connectivity index (χ2v) is 7.62. The van der Waals surface area contributed by atoms with Gasteiger partial charge in [-0.05, 0) is 56.0 Å². The molecule has 0 aromatic heterocycles. The molecule has 1 heterocycles. The van der Waals surface area contributed by atoms with E-state index in [1.807, 2.05) is 64.1 Å². The van der Waals surface area contributed by atoms with Crippen LogP contribution in [0.2, 0.25) is 0 Å². The number of amides is 2. The van der Waals surface area contributed by atoms with Crippen LogP contribution in [-0.2, 0) is 19.1 Å². The van der Waals surface area contributed by atoms with Crippen LogP contribution in [0.25, 0.3) is 0 Å². The number of carbonyl (C=O) groups is 3. The number of rotatable bonds is 5. The topological polar surface area (TPSA) is 75.7 Å². The van der Waals surface area contributed by atoms with E-state index in [4.69, 9.17) is 4.74 Å². The van der Waals surface area contributed by atoms with Crippen molar-refractivity contribution in [1.29, 1.82) is 0 Å². The van der Waals surface area contributed by atoms with Gasteiger partial charge in [0.15, 0.2) is 6.61 Å². The van der Waals surface area contributed by atoms with Crippen LogP contribution in [0.5, 0.6) is 0 Å². The Morgan fingerprint density at radius 1 is 1.07 bits per heavy atom. The van der Waals surface area contributed by atoms with E-state index in [9.17, 15) is 14.4 Å². The van der Waals surface area contributed by atoms with E-state index in [0.29, 0.717) is 0 Å². The zero-order valence-electron chi connectivity index (χ0n) is 17.2. The number of nitrogens with zero attached hydrogens (tertiary/aromatic N) is 1. The van der Waals surface area contributed by atoms with Crippen LogP contribution in [0, 0.1) is 33.6 Å². The van der Waals surface area contributed by atoms with Gasteiger partial charge in [-0.3, -0.25) is 14.4 Å². The number of benzene rings is 2. The van der Waals surface area contributed by atoms with Crippen LogP contribution < -0.4 is 10.2 Å². The number of carbonyl (C=O) groups excluding carboxylic acids is 3. The summed E-state index contributed by atoms with van der Waals surface area (Å²) >= 11 is 0. The molecule has 6 nitrogen and oxygen atoms in total. The average molecular weight is 394 g/mol. The number of aryl methyl sites for hydroxylation is 4. The summed E-state index contributed by atoms with van der Waals surface area (Å²) in [5, 5.41) is 2.79. The van der Waals surface area contributed by atoms with Gasteiger partial charge in [0.1, 0.15) is 0 Å². The lowest BCUT2D eigenvalue weighted by Gasteiger charge is -2.19. The molecule has 0 unspecified atom stereocenters. The predicted molar refractivity (Wildman–Crippen MR) is 112 cm³/mol. The smallest absolute Gasteiger partial charge is 0.311 e. The Labute approximate surface area is 170 Å². The minimum Gasteiger partial charge on any atom is -0.455 e. The molecule has 2 aromatic carbocycles. The monoisotopic (exact) mass is 394 g/mol. The number of ether oxygens (including phenoxy) is 1. The standard InChI is InChI=1S/C23H26N2O4/c1-14-8-9-15(2)19(10-14)25-12-18(11-21(25)27)23(28)29-13-20(26)24-22-16(3)6-5-7-17(22)4/h5-10,18H,11-13H2,1-4H3,(H,24,26)/t18-/m0/s1. The third kappa shape index (κ3) is 4.65. The minimum absolute atomic E-state index is 0.0880. The lowest BCUT2D eigenvalue weighted by Crippen LogP contribution is -2.28.